The number of nitrogens with two attached hydrogens (primary N) is 1. The number of anilines is 3. The maximum absolute atomic E-state index is 12.7. The Morgan fingerprint density at radius 3 is 2.94 bits per heavy atom. The molecule has 3 N–H and O–H groups in total. The van der Waals surface area contributed by atoms with Crippen LogP contribution in [0.15, 0.2) is 17.2 Å². The smallest absolute Gasteiger partial charge is 0.404 e. The summed E-state index contributed by atoms with van der Waals surface area (Å²) in [6, 6.07) is 2.29. The Balaban J connectivity index is 1.23. The Labute approximate surface area is 212 Å². The van der Waals surface area contributed by atoms with Crippen LogP contribution >= 0.6 is 0 Å². The molecular weight excluding hydrogens is 482 g/mol. The lowest BCUT2D eigenvalue weighted by molar-refractivity contribution is 0.138. The number of hydrogen-bond donors (Lipinski definition) is 2. The van der Waals surface area contributed by atoms with Gasteiger partial charge in [0.2, 0.25) is 5.95 Å². The second-order valence-corrected chi connectivity index (χ2v) is 12.0. The lowest BCUT2D eigenvalue weighted by Crippen LogP contribution is -2.58. The van der Waals surface area contributed by atoms with Crippen LogP contribution in [0.1, 0.15) is 43.9 Å². The number of pyridine rings is 1. The fourth-order valence-electron chi connectivity index (χ4n) is 5.08. The van der Waals surface area contributed by atoms with Gasteiger partial charge in [-0.25, -0.2) is 14.8 Å². The van der Waals surface area contributed by atoms with E-state index in [4.69, 9.17) is 30.2 Å². The molecule has 0 spiro atoms. The minimum atomic E-state index is -1.18. The lowest BCUT2D eigenvalue weighted by Gasteiger charge is -2.44. The van der Waals surface area contributed by atoms with Crippen molar-refractivity contribution in [1.82, 2.24) is 15.0 Å². The van der Waals surface area contributed by atoms with E-state index in [1.54, 1.807) is 0 Å². The summed E-state index contributed by atoms with van der Waals surface area (Å²) in [6.07, 6.45) is 4.27. The molecule has 2 aromatic heterocycles. The molecule has 2 fully saturated rings. The van der Waals surface area contributed by atoms with E-state index < -0.39 is 22.4 Å². The predicted octanol–water partition coefficient (Wildman–Crippen LogP) is 1.79. The van der Waals surface area contributed by atoms with E-state index in [0.717, 1.165) is 30.4 Å². The zero-order valence-corrected chi connectivity index (χ0v) is 21.3. The fourth-order valence-corrected chi connectivity index (χ4v) is 6.38. The number of piperazine rings is 1. The van der Waals surface area contributed by atoms with Gasteiger partial charge in [-0.05, 0) is 44.2 Å². The van der Waals surface area contributed by atoms with Gasteiger partial charge in [0.05, 0.1) is 28.1 Å². The zero-order valence-electron chi connectivity index (χ0n) is 20.5. The van der Waals surface area contributed by atoms with Crippen LogP contribution in [-0.2, 0) is 22.0 Å². The summed E-state index contributed by atoms with van der Waals surface area (Å²) in [7, 11) is -1.18. The lowest BCUT2D eigenvalue weighted by atomic mass is 10.1. The normalized spacial score (nSPS) is 22.8. The van der Waals surface area contributed by atoms with Crippen LogP contribution in [-0.4, -0.2) is 75.4 Å². The van der Waals surface area contributed by atoms with Gasteiger partial charge in [0.1, 0.15) is 23.9 Å². The van der Waals surface area contributed by atoms with E-state index in [-0.39, 0.29) is 12.6 Å². The van der Waals surface area contributed by atoms with Crippen LogP contribution in [0.2, 0.25) is 0 Å². The van der Waals surface area contributed by atoms with Crippen molar-refractivity contribution in [3.63, 3.8) is 0 Å². The van der Waals surface area contributed by atoms with E-state index >= 15 is 0 Å². The minimum Gasteiger partial charge on any atom is -0.487 e. The van der Waals surface area contributed by atoms with Gasteiger partial charge in [0.25, 0.3) is 0 Å². The van der Waals surface area contributed by atoms with Gasteiger partial charge in [-0.1, -0.05) is 0 Å². The highest BCUT2D eigenvalue weighted by Gasteiger charge is 2.37. The van der Waals surface area contributed by atoms with Gasteiger partial charge < -0.3 is 30.3 Å². The third kappa shape index (κ3) is 4.42. The standard InChI is InChI=1S/C24H31N7O4S/c1-24(2,13-35-22(25)32)29-20-19-17(5-8-36(19)33)27-23(28-20)30-6-7-31-16(11-30)12-34-18-9-15(14-3-4-14)10-26-21(18)31/h9-10,14,16H,3-8,11-13H2,1-2H3,(H2,25,32)(H,27,28,29)/t16-,36+/m0/s1. The molecule has 1 saturated carbocycles. The van der Waals surface area contributed by atoms with Gasteiger partial charge in [-0.3, -0.25) is 4.21 Å². The van der Waals surface area contributed by atoms with Crippen molar-refractivity contribution in [3.8, 4) is 5.75 Å². The molecule has 2 atom stereocenters. The third-order valence-corrected chi connectivity index (χ3v) is 8.54. The van der Waals surface area contributed by atoms with E-state index in [1.807, 2.05) is 20.0 Å². The van der Waals surface area contributed by atoms with E-state index in [2.05, 4.69) is 21.2 Å². The van der Waals surface area contributed by atoms with Crippen molar-refractivity contribution in [3.05, 3.63) is 23.5 Å². The second-order valence-electron chi connectivity index (χ2n) is 10.5. The number of nitrogens with one attached hydrogen (secondary N) is 1. The van der Waals surface area contributed by atoms with E-state index in [1.165, 1.54) is 18.4 Å². The van der Waals surface area contributed by atoms with Gasteiger partial charge in [0, 0.05) is 38.0 Å². The average Bonchev–Trinajstić information content (AvgIpc) is 3.64. The summed E-state index contributed by atoms with van der Waals surface area (Å²) >= 11 is 0. The molecule has 1 saturated heterocycles. The molecule has 1 amide bonds. The van der Waals surface area contributed by atoms with Crippen molar-refractivity contribution in [2.45, 2.75) is 55.5 Å². The van der Waals surface area contributed by atoms with Gasteiger partial charge in [0.15, 0.2) is 11.6 Å². The molecule has 12 heteroatoms. The fraction of sp³-hybridized carbons (Fsp3) is 0.583. The monoisotopic (exact) mass is 513 g/mol. The van der Waals surface area contributed by atoms with Gasteiger partial charge in [-0.15, -0.1) is 0 Å². The topological polar surface area (TPSA) is 136 Å². The van der Waals surface area contributed by atoms with Crippen LogP contribution in [0, 0.1) is 0 Å². The maximum Gasteiger partial charge on any atom is 0.404 e. The van der Waals surface area contributed by atoms with Gasteiger partial charge in [-0.2, -0.15) is 4.98 Å². The van der Waals surface area contributed by atoms with Crippen molar-refractivity contribution in [1.29, 1.82) is 0 Å². The number of hydrogen-bond acceptors (Lipinski definition) is 10. The predicted molar refractivity (Wildman–Crippen MR) is 135 cm³/mol. The highest BCUT2D eigenvalue weighted by atomic mass is 32.2. The Morgan fingerprint density at radius 2 is 2.17 bits per heavy atom. The molecule has 6 rings (SSSR count). The quantitative estimate of drug-likeness (QED) is 0.588. The summed E-state index contributed by atoms with van der Waals surface area (Å²) in [5.74, 6) is 4.08. The van der Waals surface area contributed by atoms with E-state index in [0.29, 0.717) is 47.9 Å². The Bertz CT molecular complexity index is 1240. The summed E-state index contributed by atoms with van der Waals surface area (Å²) in [4.78, 5) is 30.6. The van der Waals surface area contributed by atoms with Crippen molar-refractivity contribution >= 4 is 34.5 Å². The van der Waals surface area contributed by atoms with Crippen LogP contribution in [0.4, 0.5) is 22.4 Å². The molecule has 2 aromatic rings. The molecule has 36 heavy (non-hydrogen) atoms. The van der Waals surface area contributed by atoms with Crippen molar-refractivity contribution in [2.75, 3.05) is 53.7 Å². The Kier molecular flexibility index (Phi) is 5.66. The number of rotatable bonds is 6. The Hall–Kier alpha value is -3.15. The van der Waals surface area contributed by atoms with Crippen molar-refractivity contribution in [2.24, 2.45) is 5.73 Å². The number of aryl methyl sites for hydroxylation is 1. The first kappa shape index (κ1) is 23.3. The molecule has 0 aromatic carbocycles. The maximum atomic E-state index is 12.7. The highest BCUT2D eigenvalue weighted by Crippen LogP contribution is 2.43. The first-order valence-electron chi connectivity index (χ1n) is 12.4. The molecule has 0 radical (unpaired) electrons. The molecule has 0 bridgehead atoms. The molecule has 4 aliphatic rings. The largest absolute Gasteiger partial charge is 0.487 e. The number of nitrogens with zero attached hydrogens (tertiary/aromatic N) is 5. The van der Waals surface area contributed by atoms with Crippen LogP contribution in [0.5, 0.6) is 5.75 Å². The second kappa shape index (κ2) is 8.75. The first-order valence-corrected chi connectivity index (χ1v) is 13.7. The number of carbonyl (C=O) groups excluding carboxylic acids is 1. The highest BCUT2D eigenvalue weighted by molar-refractivity contribution is 7.85. The van der Waals surface area contributed by atoms with Gasteiger partial charge >= 0.3 is 6.09 Å². The molecule has 192 valence electrons. The molecule has 1 aliphatic carbocycles. The average molecular weight is 514 g/mol. The number of aromatic nitrogens is 3. The minimum absolute atomic E-state index is 0.0516. The van der Waals surface area contributed by atoms with Crippen LogP contribution in [0.25, 0.3) is 0 Å². The summed E-state index contributed by atoms with van der Waals surface area (Å²) < 4.78 is 23.9. The van der Waals surface area contributed by atoms with Crippen molar-refractivity contribution < 1.29 is 18.5 Å². The molecule has 11 nitrogen and oxygen atoms in total. The number of primary amides is 1. The summed E-state index contributed by atoms with van der Waals surface area (Å²) in [6.45, 7) is 6.59. The Morgan fingerprint density at radius 1 is 1.33 bits per heavy atom. The first-order chi connectivity index (χ1) is 17.3. The number of carbonyl (C=O) groups is 1. The summed E-state index contributed by atoms with van der Waals surface area (Å²) in [5.41, 5.74) is 6.56. The SMILES string of the molecule is CC(C)(COC(N)=O)Nc1nc(N2CCN3c4ncc(C5CC5)cc4OC[C@@H]3C2)nc2c1[S@](=O)CC2. The van der Waals surface area contributed by atoms with E-state index in [9.17, 15) is 9.00 Å². The molecule has 5 heterocycles. The number of amides is 1. The zero-order chi connectivity index (χ0) is 25.0. The number of ether oxygens (including phenoxy) is 2. The molecule has 0 unspecified atom stereocenters. The number of fused-ring (bicyclic) bond motifs is 4. The van der Waals surface area contributed by atoms with Crippen LogP contribution < -0.4 is 25.6 Å². The molecule has 3 aliphatic heterocycles. The summed E-state index contributed by atoms with van der Waals surface area (Å²) in [5, 5.41) is 3.32. The third-order valence-electron chi connectivity index (χ3n) is 7.08. The molecular formula is C24H31N7O4S. The van der Waals surface area contributed by atoms with Crippen LogP contribution in [0.3, 0.4) is 0 Å².